The van der Waals surface area contributed by atoms with Gasteiger partial charge >= 0.3 is 11.9 Å². The molecule has 1 aliphatic rings. The third-order valence-corrected chi connectivity index (χ3v) is 7.13. The highest BCUT2D eigenvalue weighted by Crippen LogP contribution is 2.32. The second kappa shape index (κ2) is 16.9. The normalized spacial score (nSPS) is 17.1. The highest BCUT2D eigenvalue weighted by Gasteiger charge is 2.43. The molecule has 43 heavy (non-hydrogen) atoms. The van der Waals surface area contributed by atoms with E-state index in [4.69, 9.17) is 20.6 Å². The minimum Gasteiger partial charge on any atom is -0.497 e. The first-order chi connectivity index (χ1) is 20.7. The first-order valence-electron chi connectivity index (χ1n) is 14.6. The zero-order valence-corrected chi connectivity index (χ0v) is 25.0. The van der Waals surface area contributed by atoms with Crippen molar-refractivity contribution in [1.29, 1.82) is 0 Å². The van der Waals surface area contributed by atoms with Gasteiger partial charge in [-0.05, 0) is 62.3 Å². The zero-order chi connectivity index (χ0) is 31.2. The van der Waals surface area contributed by atoms with Crippen molar-refractivity contribution in [3.05, 3.63) is 36.2 Å². The molecule has 0 aliphatic carbocycles. The van der Waals surface area contributed by atoms with Gasteiger partial charge < -0.3 is 24.8 Å². The second-order valence-corrected chi connectivity index (χ2v) is 11.0. The van der Waals surface area contributed by atoms with E-state index in [2.05, 4.69) is 26.9 Å². The predicted octanol–water partition coefficient (Wildman–Crippen LogP) is 3.06. The first kappa shape index (κ1) is 33.1. The maximum atomic E-state index is 13.0. The highest BCUT2D eigenvalue weighted by atomic mass is 16.6. The Bertz CT molecular complexity index is 1250. The number of anilines is 1. The SMILES string of the molecule is C#CCCCC[C@@H]1C(=O)O[C@H]1C[C@H](CCc1cn(CC(=O)Nc2ccc(OC)cc2)nn1)OC(=O)[C@H](CC(C)C)NC=O. The van der Waals surface area contributed by atoms with Crippen molar-refractivity contribution >= 4 is 29.9 Å². The van der Waals surface area contributed by atoms with Crippen molar-refractivity contribution in [2.45, 2.75) is 90.0 Å². The molecule has 232 valence electrons. The Morgan fingerprint density at radius 2 is 2.00 bits per heavy atom. The molecule has 0 radical (unpaired) electrons. The molecule has 0 unspecified atom stereocenters. The number of ether oxygens (including phenoxy) is 3. The van der Waals surface area contributed by atoms with Gasteiger partial charge in [-0.1, -0.05) is 25.5 Å². The average Bonchev–Trinajstić information content (AvgIpc) is 3.42. The van der Waals surface area contributed by atoms with Crippen LogP contribution in [0.2, 0.25) is 0 Å². The number of cyclic esters (lactones) is 1. The molecule has 0 spiro atoms. The number of methoxy groups -OCH3 is 1. The molecule has 1 aromatic carbocycles. The summed E-state index contributed by atoms with van der Waals surface area (Å²) in [6.45, 7) is 3.86. The molecular weight excluding hydrogens is 554 g/mol. The van der Waals surface area contributed by atoms with Crippen LogP contribution in [0.4, 0.5) is 5.69 Å². The third kappa shape index (κ3) is 10.7. The number of carbonyl (C=O) groups is 4. The van der Waals surface area contributed by atoms with E-state index in [0.717, 1.165) is 12.8 Å². The average molecular weight is 596 g/mol. The number of aromatic nitrogens is 3. The van der Waals surface area contributed by atoms with E-state index in [9.17, 15) is 19.2 Å². The fourth-order valence-corrected chi connectivity index (χ4v) is 4.88. The fraction of sp³-hybridized carbons (Fsp3) is 0.548. The van der Waals surface area contributed by atoms with Crippen LogP contribution in [0, 0.1) is 24.2 Å². The topological polar surface area (TPSA) is 151 Å². The van der Waals surface area contributed by atoms with E-state index in [1.807, 2.05) is 13.8 Å². The van der Waals surface area contributed by atoms with Crippen LogP contribution in [-0.4, -0.2) is 64.6 Å². The highest BCUT2D eigenvalue weighted by molar-refractivity contribution is 5.90. The Morgan fingerprint density at radius 3 is 2.65 bits per heavy atom. The number of rotatable bonds is 19. The van der Waals surface area contributed by atoms with E-state index in [-0.39, 0.29) is 36.4 Å². The molecule has 4 atom stereocenters. The molecular formula is C31H41N5O7. The molecule has 1 fully saturated rings. The summed E-state index contributed by atoms with van der Waals surface area (Å²) in [5.41, 5.74) is 1.24. The van der Waals surface area contributed by atoms with Gasteiger partial charge in [-0.25, -0.2) is 9.48 Å². The number of benzene rings is 1. The second-order valence-electron chi connectivity index (χ2n) is 11.0. The summed E-state index contributed by atoms with van der Waals surface area (Å²) in [4.78, 5) is 48.8. The minimum atomic E-state index is -0.784. The van der Waals surface area contributed by atoms with Crippen molar-refractivity contribution in [3.8, 4) is 18.1 Å². The summed E-state index contributed by atoms with van der Waals surface area (Å²) in [6.07, 6.45) is 11.0. The number of carbonyl (C=O) groups excluding carboxylic acids is 4. The summed E-state index contributed by atoms with van der Waals surface area (Å²) in [5, 5.41) is 13.6. The molecule has 2 amide bonds. The number of unbranched alkanes of at least 4 members (excludes halogenated alkanes) is 2. The van der Waals surface area contributed by atoms with Gasteiger partial charge in [0.25, 0.3) is 0 Å². The van der Waals surface area contributed by atoms with Crippen LogP contribution in [0.5, 0.6) is 5.75 Å². The van der Waals surface area contributed by atoms with Crippen molar-refractivity contribution in [1.82, 2.24) is 20.3 Å². The van der Waals surface area contributed by atoms with Gasteiger partial charge in [-0.15, -0.1) is 17.4 Å². The van der Waals surface area contributed by atoms with Crippen LogP contribution in [0.15, 0.2) is 30.5 Å². The molecule has 0 saturated carbocycles. The van der Waals surface area contributed by atoms with E-state index >= 15 is 0 Å². The zero-order valence-electron chi connectivity index (χ0n) is 25.0. The van der Waals surface area contributed by atoms with Gasteiger partial charge in [0, 0.05) is 24.7 Å². The first-order valence-corrected chi connectivity index (χ1v) is 14.6. The molecule has 2 N–H and O–H groups in total. The molecule has 3 rings (SSSR count). The Kier molecular flexibility index (Phi) is 13.0. The Labute approximate surface area is 252 Å². The predicted molar refractivity (Wildman–Crippen MR) is 158 cm³/mol. The van der Waals surface area contributed by atoms with Gasteiger partial charge in [0.05, 0.1) is 18.7 Å². The lowest BCUT2D eigenvalue weighted by molar-refractivity contribution is -0.190. The molecule has 1 aromatic heterocycles. The molecule has 0 bridgehead atoms. The van der Waals surface area contributed by atoms with Gasteiger partial charge in [-0.2, -0.15) is 0 Å². The van der Waals surface area contributed by atoms with Gasteiger partial charge in [0.15, 0.2) is 0 Å². The van der Waals surface area contributed by atoms with Crippen molar-refractivity contribution in [2.75, 3.05) is 12.4 Å². The Morgan fingerprint density at radius 1 is 1.23 bits per heavy atom. The van der Waals surface area contributed by atoms with Crippen LogP contribution in [-0.2, 0) is 41.6 Å². The van der Waals surface area contributed by atoms with Gasteiger partial charge in [0.2, 0.25) is 12.3 Å². The maximum Gasteiger partial charge on any atom is 0.328 e. The quantitative estimate of drug-likeness (QED) is 0.108. The van der Waals surface area contributed by atoms with E-state index < -0.39 is 18.1 Å². The minimum absolute atomic E-state index is 0.0366. The number of terminal acetylenes is 1. The van der Waals surface area contributed by atoms with E-state index in [1.165, 1.54) is 4.68 Å². The lowest BCUT2D eigenvalue weighted by Gasteiger charge is -2.37. The standard InChI is InChI=1S/C31H41N5O7/c1-5-6-7-8-9-26-28(43-30(26)39)17-25(42-31(40)27(32-20-37)16-21(2)3)15-12-23-18-36(35-34-23)19-29(38)33-22-10-13-24(41-4)14-11-22/h1,10-11,13-14,18,20-21,25-28H,6-9,12,15-17,19H2,2-4H3,(H,32,37)(H,33,38)/t25-,26-,27-,28-/m0/s1. The number of nitrogens with zero attached hydrogens (tertiary/aromatic N) is 3. The number of aryl methyl sites for hydroxylation is 1. The number of nitrogens with one attached hydrogen (secondary N) is 2. The molecule has 12 nitrogen and oxygen atoms in total. The summed E-state index contributed by atoms with van der Waals surface area (Å²) in [7, 11) is 1.57. The maximum absolute atomic E-state index is 13.0. The lowest BCUT2D eigenvalue weighted by atomic mass is 9.86. The van der Waals surface area contributed by atoms with Crippen molar-refractivity contribution < 1.29 is 33.4 Å². The van der Waals surface area contributed by atoms with Crippen molar-refractivity contribution in [2.24, 2.45) is 11.8 Å². The molecule has 1 saturated heterocycles. The number of esters is 2. The summed E-state index contributed by atoms with van der Waals surface area (Å²) in [5.74, 6) is 2.10. The van der Waals surface area contributed by atoms with E-state index in [1.54, 1.807) is 37.6 Å². The largest absolute Gasteiger partial charge is 0.497 e. The summed E-state index contributed by atoms with van der Waals surface area (Å²) < 4.78 is 17.9. The van der Waals surface area contributed by atoms with E-state index in [0.29, 0.717) is 62.1 Å². The molecule has 12 heteroatoms. The number of amides is 2. The lowest BCUT2D eigenvalue weighted by Crippen LogP contribution is -2.48. The monoisotopic (exact) mass is 595 g/mol. The molecule has 2 heterocycles. The van der Waals surface area contributed by atoms with Gasteiger partial charge in [0.1, 0.15) is 30.5 Å². The Hall–Kier alpha value is -4.40. The smallest absolute Gasteiger partial charge is 0.328 e. The van der Waals surface area contributed by atoms with Gasteiger partial charge in [-0.3, -0.25) is 14.4 Å². The Balaban J connectivity index is 1.60. The number of hydrogen-bond acceptors (Lipinski definition) is 9. The van der Waals surface area contributed by atoms with Crippen LogP contribution in [0.25, 0.3) is 0 Å². The van der Waals surface area contributed by atoms with Crippen LogP contribution in [0.1, 0.15) is 64.5 Å². The summed E-state index contributed by atoms with van der Waals surface area (Å²) in [6, 6.07) is 6.19. The van der Waals surface area contributed by atoms with Crippen LogP contribution < -0.4 is 15.4 Å². The van der Waals surface area contributed by atoms with Crippen LogP contribution in [0.3, 0.4) is 0 Å². The fourth-order valence-electron chi connectivity index (χ4n) is 4.88. The van der Waals surface area contributed by atoms with Crippen LogP contribution >= 0.6 is 0 Å². The molecule has 1 aliphatic heterocycles. The number of hydrogen-bond donors (Lipinski definition) is 2. The van der Waals surface area contributed by atoms with Crippen molar-refractivity contribution in [3.63, 3.8) is 0 Å². The molecule has 2 aromatic rings. The summed E-state index contributed by atoms with van der Waals surface area (Å²) >= 11 is 0. The third-order valence-electron chi connectivity index (χ3n) is 7.13.